The summed E-state index contributed by atoms with van der Waals surface area (Å²) in [6, 6.07) is 1.22. The molecular weight excluding hydrogens is 239 g/mol. The first kappa shape index (κ1) is 12.9. The second-order valence-corrected chi connectivity index (χ2v) is 4.37. The lowest BCUT2D eigenvalue weighted by atomic mass is 9.91. The van der Waals surface area contributed by atoms with Crippen molar-refractivity contribution in [3.63, 3.8) is 0 Å². The zero-order valence-corrected chi connectivity index (χ0v) is 10.1. The maximum Gasteiger partial charge on any atom is 0.328 e. The fraction of sp³-hybridized carbons (Fsp3) is 0.500. The van der Waals surface area contributed by atoms with Gasteiger partial charge in [-0.15, -0.1) is 0 Å². The summed E-state index contributed by atoms with van der Waals surface area (Å²) in [5.41, 5.74) is -0.935. The lowest BCUT2D eigenvalue weighted by molar-refractivity contribution is -0.154. The minimum absolute atomic E-state index is 0.344. The zero-order chi connectivity index (χ0) is 13.2. The first-order chi connectivity index (χ1) is 8.55. The van der Waals surface area contributed by atoms with Crippen LogP contribution in [0.25, 0.3) is 0 Å². The third kappa shape index (κ3) is 2.21. The predicted octanol–water partition coefficient (Wildman–Crippen LogP) is 0.853. The summed E-state index contributed by atoms with van der Waals surface area (Å²) < 4.78 is 18.4. The summed E-state index contributed by atoms with van der Waals surface area (Å²) in [4.78, 5) is 17.1. The van der Waals surface area contributed by atoms with Crippen molar-refractivity contribution in [1.29, 1.82) is 0 Å². The molecule has 18 heavy (non-hydrogen) atoms. The molecule has 98 valence electrons. The third-order valence-electron chi connectivity index (χ3n) is 3.33. The van der Waals surface area contributed by atoms with E-state index in [9.17, 15) is 14.3 Å². The number of rotatable bonds is 3. The van der Waals surface area contributed by atoms with Crippen LogP contribution in [0.1, 0.15) is 12.5 Å². The first-order valence-corrected chi connectivity index (χ1v) is 5.72. The second kappa shape index (κ2) is 4.99. The Balaban J connectivity index is 2.39. The van der Waals surface area contributed by atoms with Crippen LogP contribution in [0.2, 0.25) is 0 Å². The maximum absolute atomic E-state index is 13.2. The number of carbonyl (C=O) groups is 1. The number of hydrogen-bond donors (Lipinski definition) is 1. The number of aromatic nitrogens is 1. The van der Waals surface area contributed by atoms with Crippen LogP contribution in [0.4, 0.5) is 4.39 Å². The molecule has 1 aliphatic heterocycles. The Morgan fingerprint density at radius 2 is 2.17 bits per heavy atom. The van der Waals surface area contributed by atoms with Crippen LogP contribution in [0.3, 0.4) is 0 Å². The molecule has 1 saturated heterocycles. The predicted molar refractivity (Wildman–Crippen MR) is 61.6 cm³/mol. The van der Waals surface area contributed by atoms with Crippen molar-refractivity contribution in [2.24, 2.45) is 0 Å². The van der Waals surface area contributed by atoms with Crippen LogP contribution < -0.4 is 0 Å². The first-order valence-electron chi connectivity index (χ1n) is 5.72. The second-order valence-electron chi connectivity index (χ2n) is 4.37. The molecule has 2 rings (SSSR count). The van der Waals surface area contributed by atoms with Crippen LogP contribution in [-0.4, -0.2) is 47.3 Å². The molecule has 0 aliphatic carbocycles. The number of hydrogen-bond acceptors (Lipinski definition) is 4. The van der Waals surface area contributed by atoms with E-state index in [1.54, 1.807) is 11.8 Å². The standard InChI is InChI=1S/C12H15FN2O3/c1-12(11(16)17,15-2-4-18-5-3-15)9-6-10(13)8-14-7-9/h6-8H,2-5H2,1H3,(H,16,17). The Hall–Kier alpha value is -1.53. The van der Waals surface area contributed by atoms with Gasteiger partial charge in [0.05, 0.1) is 19.4 Å². The van der Waals surface area contributed by atoms with Gasteiger partial charge in [0.1, 0.15) is 11.4 Å². The molecule has 2 heterocycles. The number of morpholine rings is 1. The molecule has 5 nitrogen and oxygen atoms in total. The third-order valence-corrected chi connectivity index (χ3v) is 3.33. The van der Waals surface area contributed by atoms with Crippen LogP contribution >= 0.6 is 0 Å². The Morgan fingerprint density at radius 1 is 1.50 bits per heavy atom. The Kier molecular flexibility index (Phi) is 3.58. The lowest BCUT2D eigenvalue weighted by Crippen LogP contribution is -2.54. The van der Waals surface area contributed by atoms with Crippen LogP contribution in [0, 0.1) is 5.82 Å². The van der Waals surface area contributed by atoms with E-state index < -0.39 is 17.3 Å². The van der Waals surface area contributed by atoms with Crippen molar-refractivity contribution < 1.29 is 19.0 Å². The van der Waals surface area contributed by atoms with Crippen molar-refractivity contribution in [3.8, 4) is 0 Å². The van der Waals surface area contributed by atoms with E-state index in [-0.39, 0.29) is 0 Å². The smallest absolute Gasteiger partial charge is 0.328 e. The van der Waals surface area contributed by atoms with Gasteiger partial charge in [-0.05, 0) is 13.0 Å². The highest BCUT2D eigenvalue weighted by atomic mass is 19.1. The molecule has 0 amide bonds. The quantitative estimate of drug-likeness (QED) is 0.866. The van der Waals surface area contributed by atoms with Crippen molar-refractivity contribution in [2.45, 2.75) is 12.5 Å². The number of aliphatic carboxylic acids is 1. The van der Waals surface area contributed by atoms with Crippen molar-refractivity contribution in [3.05, 3.63) is 29.8 Å². The molecule has 0 radical (unpaired) electrons. The van der Waals surface area contributed by atoms with Gasteiger partial charge in [-0.2, -0.15) is 0 Å². The summed E-state index contributed by atoms with van der Waals surface area (Å²) in [7, 11) is 0. The lowest BCUT2D eigenvalue weighted by Gasteiger charge is -2.40. The Bertz CT molecular complexity index is 449. The normalized spacial score (nSPS) is 20.3. The molecule has 1 fully saturated rings. The van der Waals surface area contributed by atoms with Crippen molar-refractivity contribution in [2.75, 3.05) is 26.3 Å². The minimum atomic E-state index is -1.28. The summed E-state index contributed by atoms with van der Waals surface area (Å²) in [6.07, 6.45) is 2.46. The van der Waals surface area contributed by atoms with E-state index in [2.05, 4.69) is 4.98 Å². The molecule has 1 aromatic heterocycles. The monoisotopic (exact) mass is 254 g/mol. The summed E-state index contributed by atoms with van der Waals surface area (Å²) in [5.74, 6) is -1.55. The molecule has 0 spiro atoms. The van der Waals surface area contributed by atoms with Gasteiger partial charge in [0.2, 0.25) is 0 Å². The molecule has 1 aromatic rings. The van der Waals surface area contributed by atoms with E-state index in [4.69, 9.17) is 4.74 Å². The fourth-order valence-electron chi connectivity index (χ4n) is 2.13. The van der Waals surface area contributed by atoms with Gasteiger partial charge in [-0.1, -0.05) is 0 Å². The molecule has 0 saturated carbocycles. The summed E-state index contributed by atoms with van der Waals surface area (Å²) >= 11 is 0. The number of halogens is 1. The van der Waals surface area contributed by atoms with Gasteiger partial charge in [0, 0.05) is 24.8 Å². The zero-order valence-electron chi connectivity index (χ0n) is 10.1. The Morgan fingerprint density at radius 3 is 2.72 bits per heavy atom. The Labute approximate surface area is 104 Å². The van der Waals surface area contributed by atoms with Crippen molar-refractivity contribution in [1.82, 2.24) is 9.88 Å². The average Bonchev–Trinajstić information content (AvgIpc) is 2.38. The molecule has 1 N–H and O–H groups in total. The largest absolute Gasteiger partial charge is 0.480 e. The fourth-order valence-corrected chi connectivity index (χ4v) is 2.13. The number of ether oxygens (including phenoxy) is 1. The highest BCUT2D eigenvalue weighted by molar-refractivity contribution is 5.80. The molecule has 0 bridgehead atoms. The highest BCUT2D eigenvalue weighted by Gasteiger charge is 2.42. The van der Waals surface area contributed by atoms with Crippen LogP contribution in [-0.2, 0) is 15.1 Å². The van der Waals surface area contributed by atoms with Gasteiger partial charge < -0.3 is 9.84 Å². The number of nitrogens with zero attached hydrogens (tertiary/aromatic N) is 2. The van der Waals surface area contributed by atoms with E-state index >= 15 is 0 Å². The topological polar surface area (TPSA) is 62.7 Å². The SMILES string of the molecule is CC(C(=O)O)(c1cncc(F)c1)N1CCOCC1. The average molecular weight is 254 g/mol. The van der Waals surface area contributed by atoms with Gasteiger partial charge in [-0.3, -0.25) is 9.88 Å². The van der Waals surface area contributed by atoms with Gasteiger partial charge in [0.25, 0.3) is 0 Å². The number of carboxylic acids is 1. The van der Waals surface area contributed by atoms with Gasteiger partial charge in [-0.25, -0.2) is 9.18 Å². The van der Waals surface area contributed by atoms with E-state index in [0.29, 0.717) is 31.9 Å². The van der Waals surface area contributed by atoms with Crippen LogP contribution in [0.5, 0.6) is 0 Å². The maximum atomic E-state index is 13.2. The molecule has 1 atom stereocenters. The summed E-state index contributed by atoms with van der Waals surface area (Å²) in [5, 5.41) is 9.50. The van der Waals surface area contributed by atoms with Crippen LogP contribution in [0.15, 0.2) is 18.5 Å². The van der Waals surface area contributed by atoms with Gasteiger partial charge in [0.15, 0.2) is 0 Å². The molecular formula is C12H15FN2O3. The van der Waals surface area contributed by atoms with E-state index in [0.717, 1.165) is 6.20 Å². The number of pyridine rings is 1. The van der Waals surface area contributed by atoms with E-state index in [1.165, 1.54) is 12.3 Å². The van der Waals surface area contributed by atoms with E-state index in [1.807, 2.05) is 0 Å². The molecule has 6 heteroatoms. The number of carboxylic acid groups (broad SMARTS) is 1. The molecule has 0 aromatic carbocycles. The van der Waals surface area contributed by atoms with Crippen molar-refractivity contribution >= 4 is 5.97 Å². The van der Waals surface area contributed by atoms with Gasteiger partial charge >= 0.3 is 5.97 Å². The molecule has 1 aliphatic rings. The molecule has 1 unspecified atom stereocenters. The summed E-state index contributed by atoms with van der Waals surface area (Å²) in [6.45, 7) is 3.52. The highest BCUT2D eigenvalue weighted by Crippen LogP contribution is 2.29. The minimum Gasteiger partial charge on any atom is -0.480 e.